The van der Waals surface area contributed by atoms with Gasteiger partial charge in [0.25, 0.3) is 0 Å². The molecule has 0 heterocycles. The van der Waals surface area contributed by atoms with Crippen LogP contribution in [0.15, 0.2) is 30.5 Å². The summed E-state index contributed by atoms with van der Waals surface area (Å²) in [4.78, 5) is 0. The molecule has 0 atom stereocenters. The zero-order chi connectivity index (χ0) is 9.84. The highest BCUT2D eigenvalue weighted by Crippen LogP contribution is 2.20. The van der Waals surface area contributed by atoms with Crippen LogP contribution in [0.1, 0.15) is 12.5 Å². The molecule has 2 heteroatoms. The fourth-order valence-corrected chi connectivity index (χ4v) is 1.19. The van der Waals surface area contributed by atoms with Gasteiger partial charge < -0.3 is 10.6 Å². The van der Waals surface area contributed by atoms with E-state index in [1.807, 2.05) is 20.0 Å². The molecule has 0 aliphatic carbocycles. The minimum atomic E-state index is 0.959. The highest BCUT2D eigenvalue weighted by molar-refractivity contribution is 5.60. The molecule has 0 fully saturated rings. The average molecular weight is 176 g/mol. The molecule has 0 aliphatic rings. The molecular formula is C11H16N2. The van der Waals surface area contributed by atoms with E-state index in [0.717, 1.165) is 17.1 Å². The normalized spacial score (nSPS) is 9.46. The summed E-state index contributed by atoms with van der Waals surface area (Å²) in [6.45, 7) is 7.83. The van der Waals surface area contributed by atoms with Crippen LogP contribution in [0.3, 0.4) is 0 Å². The van der Waals surface area contributed by atoms with Crippen LogP contribution in [0.5, 0.6) is 0 Å². The molecule has 0 amide bonds. The molecule has 1 aromatic rings. The summed E-state index contributed by atoms with van der Waals surface area (Å²) in [5, 5.41) is 6.30. The molecule has 0 saturated heterocycles. The lowest BCUT2D eigenvalue weighted by Crippen LogP contribution is -1.97. The Morgan fingerprint density at radius 1 is 1.38 bits per heavy atom. The van der Waals surface area contributed by atoms with E-state index in [4.69, 9.17) is 0 Å². The van der Waals surface area contributed by atoms with Gasteiger partial charge in [-0.25, -0.2) is 0 Å². The first-order chi connectivity index (χ1) is 6.13. The maximum Gasteiger partial charge on any atom is 0.0412 e. The smallest absolute Gasteiger partial charge is 0.0412 e. The maximum atomic E-state index is 3.81. The quantitative estimate of drug-likeness (QED) is 0.739. The Morgan fingerprint density at radius 3 is 2.54 bits per heavy atom. The molecule has 13 heavy (non-hydrogen) atoms. The van der Waals surface area contributed by atoms with Crippen molar-refractivity contribution in [2.24, 2.45) is 0 Å². The van der Waals surface area contributed by atoms with Gasteiger partial charge in [0, 0.05) is 24.1 Å². The van der Waals surface area contributed by atoms with Gasteiger partial charge in [-0.05, 0) is 37.6 Å². The van der Waals surface area contributed by atoms with Crippen molar-refractivity contribution in [2.45, 2.75) is 13.8 Å². The Labute approximate surface area is 79.7 Å². The standard InChI is InChI=1S/C11H16N2/c1-8(2)13-11-6-5-10(12-4)7-9(11)3/h5-7,12-13H,1H2,2-4H3. The van der Waals surface area contributed by atoms with E-state index in [2.05, 4.69) is 36.3 Å². The predicted octanol–water partition coefficient (Wildman–Crippen LogP) is 2.98. The second-order valence-electron chi connectivity index (χ2n) is 3.19. The van der Waals surface area contributed by atoms with Gasteiger partial charge in [-0.3, -0.25) is 0 Å². The van der Waals surface area contributed by atoms with Crippen LogP contribution >= 0.6 is 0 Å². The molecule has 0 radical (unpaired) electrons. The largest absolute Gasteiger partial charge is 0.388 e. The predicted molar refractivity (Wildman–Crippen MR) is 59.2 cm³/mol. The third-order valence-electron chi connectivity index (χ3n) is 1.86. The molecule has 0 bridgehead atoms. The van der Waals surface area contributed by atoms with E-state index in [1.54, 1.807) is 0 Å². The number of benzene rings is 1. The second kappa shape index (κ2) is 3.99. The van der Waals surface area contributed by atoms with Gasteiger partial charge in [0.2, 0.25) is 0 Å². The summed E-state index contributed by atoms with van der Waals surface area (Å²) in [7, 11) is 1.92. The number of hydrogen-bond donors (Lipinski definition) is 2. The Kier molecular flexibility index (Phi) is 2.96. The third-order valence-corrected chi connectivity index (χ3v) is 1.86. The van der Waals surface area contributed by atoms with Crippen molar-refractivity contribution in [3.05, 3.63) is 36.0 Å². The molecule has 0 aromatic heterocycles. The maximum absolute atomic E-state index is 3.81. The van der Waals surface area contributed by atoms with Crippen LogP contribution in [0.25, 0.3) is 0 Å². The lowest BCUT2D eigenvalue weighted by Gasteiger charge is -2.10. The third kappa shape index (κ3) is 2.51. The number of aryl methyl sites for hydroxylation is 1. The molecule has 2 N–H and O–H groups in total. The summed E-state index contributed by atoms with van der Waals surface area (Å²) in [6.07, 6.45) is 0. The van der Waals surface area contributed by atoms with Gasteiger partial charge in [0.05, 0.1) is 0 Å². The molecule has 0 aliphatic heterocycles. The van der Waals surface area contributed by atoms with Crippen molar-refractivity contribution >= 4 is 11.4 Å². The minimum Gasteiger partial charge on any atom is -0.388 e. The van der Waals surface area contributed by atoms with Crippen molar-refractivity contribution in [2.75, 3.05) is 17.7 Å². The van der Waals surface area contributed by atoms with Crippen molar-refractivity contribution in [3.63, 3.8) is 0 Å². The SMILES string of the molecule is C=C(C)Nc1ccc(NC)cc1C. The lowest BCUT2D eigenvalue weighted by atomic mass is 10.1. The van der Waals surface area contributed by atoms with E-state index in [1.165, 1.54) is 5.56 Å². The molecule has 1 rings (SSSR count). The number of nitrogens with one attached hydrogen (secondary N) is 2. The van der Waals surface area contributed by atoms with E-state index in [0.29, 0.717) is 0 Å². The van der Waals surface area contributed by atoms with Crippen LogP contribution in [0.4, 0.5) is 11.4 Å². The molecule has 70 valence electrons. The number of hydrogen-bond acceptors (Lipinski definition) is 2. The first-order valence-corrected chi connectivity index (χ1v) is 4.34. The Hall–Kier alpha value is -1.44. The van der Waals surface area contributed by atoms with Crippen LogP contribution in [0.2, 0.25) is 0 Å². The fourth-order valence-electron chi connectivity index (χ4n) is 1.19. The summed E-state index contributed by atoms with van der Waals surface area (Å²) < 4.78 is 0. The topological polar surface area (TPSA) is 24.1 Å². The van der Waals surface area contributed by atoms with Crippen LogP contribution in [-0.4, -0.2) is 7.05 Å². The van der Waals surface area contributed by atoms with Gasteiger partial charge in [-0.1, -0.05) is 6.58 Å². The zero-order valence-electron chi connectivity index (χ0n) is 8.44. The van der Waals surface area contributed by atoms with Gasteiger partial charge in [-0.15, -0.1) is 0 Å². The molecule has 0 saturated carbocycles. The van der Waals surface area contributed by atoms with Crippen molar-refractivity contribution in [1.82, 2.24) is 0 Å². The van der Waals surface area contributed by atoms with Gasteiger partial charge in [-0.2, -0.15) is 0 Å². The molecule has 0 spiro atoms. The van der Waals surface area contributed by atoms with Crippen molar-refractivity contribution in [1.29, 1.82) is 0 Å². The zero-order valence-corrected chi connectivity index (χ0v) is 8.44. The summed E-state index contributed by atoms with van der Waals surface area (Å²) in [6, 6.07) is 6.19. The molecule has 2 nitrogen and oxygen atoms in total. The Bertz CT molecular complexity index is 316. The summed E-state index contributed by atoms with van der Waals surface area (Å²) in [5.74, 6) is 0. The summed E-state index contributed by atoms with van der Waals surface area (Å²) >= 11 is 0. The average Bonchev–Trinajstić information content (AvgIpc) is 2.08. The first-order valence-electron chi connectivity index (χ1n) is 4.34. The Morgan fingerprint density at radius 2 is 2.08 bits per heavy atom. The lowest BCUT2D eigenvalue weighted by molar-refractivity contribution is 1.34. The molecule has 1 aromatic carbocycles. The highest BCUT2D eigenvalue weighted by atomic mass is 14.9. The Balaban J connectivity index is 2.91. The van der Waals surface area contributed by atoms with E-state index >= 15 is 0 Å². The minimum absolute atomic E-state index is 0.959. The van der Waals surface area contributed by atoms with Crippen LogP contribution in [-0.2, 0) is 0 Å². The van der Waals surface area contributed by atoms with Crippen molar-refractivity contribution in [3.8, 4) is 0 Å². The second-order valence-corrected chi connectivity index (χ2v) is 3.19. The van der Waals surface area contributed by atoms with Gasteiger partial charge in [0.1, 0.15) is 0 Å². The first kappa shape index (κ1) is 9.65. The van der Waals surface area contributed by atoms with Crippen LogP contribution in [0, 0.1) is 6.92 Å². The fraction of sp³-hybridized carbons (Fsp3) is 0.273. The molecule has 0 unspecified atom stereocenters. The number of rotatable bonds is 3. The molecular weight excluding hydrogens is 160 g/mol. The highest BCUT2D eigenvalue weighted by Gasteiger charge is 1.97. The number of allylic oxidation sites excluding steroid dienone is 1. The van der Waals surface area contributed by atoms with E-state index in [-0.39, 0.29) is 0 Å². The van der Waals surface area contributed by atoms with Crippen molar-refractivity contribution < 1.29 is 0 Å². The van der Waals surface area contributed by atoms with E-state index < -0.39 is 0 Å². The van der Waals surface area contributed by atoms with Gasteiger partial charge in [0.15, 0.2) is 0 Å². The number of anilines is 2. The van der Waals surface area contributed by atoms with E-state index in [9.17, 15) is 0 Å². The summed E-state index contributed by atoms with van der Waals surface area (Å²) in [5.41, 5.74) is 4.42. The van der Waals surface area contributed by atoms with Gasteiger partial charge >= 0.3 is 0 Å². The van der Waals surface area contributed by atoms with Crippen LogP contribution < -0.4 is 10.6 Å². The monoisotopic (exact) mass is 176 g/mol.